The summed E-state index contributed by atoms with van der Waals surface area (Å²) in [6.07, 6.45) is -4.07. The van der Waals surface area contributed by atoms with Crippen LogP contribution in [-0.2, 0) is 15.8 Å². The van der Waals surface area contributed by atoms with Gasteiger partial charge >= 0.3 is 6.18 Å². The molecular weight excluding hydrogens is 299 g/mol. The monoisotopic (exact) mass is 315 g/mol. The van der Waals surface area contributed by atoms with Gasteiger partial charge in [-0.15, -0.1) is 0 Å². The molecule has 8 heteroatoms. The molecule has 0 fully saturated rings. The summed E-state index contributed by atoms with van der Waals surface area (Å²) in [6.45, 7) is 3.48. The zero-order valence-corrected chi connectivity index (χ0v) is 12.1. The van der Waals surface area contributed by atoms with Crippen molar-refractivity contribution >= 4 is 18.0 Å². The predicted octanol–water partition coefficient (Wildman–Crippen LogP) is 2.07. The number of nitrogens with one attached hydrogen (secondary N) is 2. The maximum atomic E-state index is 12.7. The molecule has 0 radical (unpaired) electrons. The van der Waals surface area contributed by atoms with E-state index >= 15 is 0 Å². The fourth-order valence-electron chi connectivity index (χ4n) is 1.60. The first-order valence-corrected chi connectivity index (χ1v) is 6.47. The van der Waals surface area contributed by atoms with Crippen LogP contribution in [0, 0.1) is 0 Å². The zero-order chi connectivity index (χ0) is 16.8. The number of amides is 2. The molecule has 0 atom stereocenters. The van der Waals surface area contributed by atoms with Crippen molar-refractivity contribution < 1.29 is 22.8 Å². The van der Waals surface area contributed by atoms with E-state index in [1.807, 2.05) is 5.43 Å². The van der Waals surface area contributed by atoms with Crippen LogP contribution < -0.4 is 10.7 Å². The van der Waals surface area contributed by atoms with E-state index in [1.165, 1.54) is 18.2 Å². The van der Waals surface area contributed by atoms with Gasteiger partial charge in [0.2, 0.25) is 11.8 Å². The van der Waals surface area contributed by atoms with E-state index in [4.69, 9.17) is 0 Å². The van der Waals surface area contributed by atoms with Gasteiger partial charge in [-0.3, -0.25) is 9.59 Å². The smallest absolute Gasteiger partial charge is 0.353 e. The third-order valence-electron chi connectivity index (χ3n) is 2.43. The van der Waals surface area contributed by atoms with Crippen LogP contribution in [0.15, 0.2) is 29.4 Å². The van der Waals surface area contributed by atoms with Gasteiger partial charge in [0.05, 0.1) is 11.8 Å². The van der Waals surface area contributed by atoms with Crippen molar-refractivity contribution in [1.82, 2.24) is 10.7 Å². The number of nitrogens with zero attached hydrogens (tertiary/aromatic N) is 1. The number of carbonyl (C=O) groups is 2. The molecule has 0 aliphatic heterocycles. The van der Waals surface area contributed by atoms with Gasteiger partial charge in [0, 0.05) is 11.6 Å². The number of benzene rings is 1. The normalized spacial score (nSPS) is 11.7. The van der Waals surface area contributed by atoms with E-state index in [9.17, 15) is 22.8 Å². The highest BCUT2D eigenvalue weighted by molar-refractivity contribution is 5.97. The van der Waals surface area contributed by atoms with E-state index in [0.717, 1.165) is 12.3 Å². The molecule has 0 unspecified atom stereocenters. The first-order valence-electron chi connectivity index (χ1n) is 6.47. The van der Waals surface area contributed by atoms with Crippen LogP contribution in [0.2, 0.25) is 0 Å². The number of hydrazone groups is 1. The molecule has 1 aromatic rings. The van der Waals surface area contributed by atoms with Gasteiger partial charge in [0.1, 0.15) is 6.42 Å². The third kappa shape index (κ3) is 5.94. The molecule has 120 valence electrons. The number of hydrogen-bond donors (Lipinski definition) is 2. The summed E-state index contributed by atoms with van der Waals surface area (Å²) in [5.41, 5.74) is 0.982. The Morgan fingerprint density at radius 1 is 1.23 bits per heavy atom. The maximum absolute atomic E-state index is 12.7. The highest BCUT2D eigenvalue weighted by Crippen LogP contribution is 2.30. The average Bonchev–Trinajstić information content (AvgIpc) is 2.36. The highest BCUT2D eigenvalue weighted by atomic mass is 19.4. The van der Waals surface area contributed by atoms with Gasteiger partial charge in [0.15, 0.2) is 0 Å². The Morgan fingerprint density at radius 2 is 1.86 bits per heavy atom. The Morgan fingerprint density at radius 3 is 2.45 bits per heavy atom. The topological polar surface area (TPSA) is 70.6 Å². The van der Waals surface area contributed by atoms with Crippen LogP contribution in [0.3, 0.4) is 0 Å². The number of carbonyl (C=O) groups excluding carboxylic acids is 2. The molecule has 1 aromatic carbocycles. The molecule has 0 heterocycles. The highest BCUT2D eigenvalue weighted by Gasteiger charge is 2.32. The van der Waals surface area contributed by atoms with Crippen LogP contribution in [0.5, 0.6) is 0 Å². The van der Waals surface area contributed by atoms with Gasteiger partial charge in [0.25, 0.3) is 0 Å². The van der Waals surface area contributed by atoms with Crippen molar-refractivity contribution in [3.05, 3.63) is 35.4 Å². The predicted molar refractivity (Wildman–Crippen MR) is 75.1 cm³/mol. The van der Waals surface area contributed by atoms with Crippen LogP contribution in [0.25, 0.3) is 0 Å². The minimum absolute atomic E-state index is 0.109. The van der Waals surface area contributed by atoms with Gasteiger partial charge in [-0.2, -0.15) is 18.3 Å². The molecule has 0 bridgehead atoms. The van der Waals surface area contributed by atoms with Crippen molar-refractivity contribution in [2.45, 2.75) is 32.5 Å². The number of alkyl halides is 3. The molecule has 2 amide bonds. The van der Waals surface area contributed by atoms with Gasteiger partial charge < -0.3 is 5.32 Å². The molecule has 0 spiro atoms. The minimum Gasteiger partial charge on any atom is -0.353 e. The lowest BCUT2D eigenvalue weighted by Crippen LogP contribution is -2.34. The number of rotatable bonds is 5. The first kappa shape index (κ1) is 17.7. The van der Waals surface area contributed by atoms with Gasteiger partial charge in [-0.05, 0) is 19.9 Å². The molecule has 22 heavy (non-hydrogen) atoms. The lowest BCUT2D eigenvalue weighted by Gasteiger charge is -2.09. The fourth-order valence-corrected chi connectivity index (χ4v) is 1.60. The van der Waals surface area contributed by atoms with Crippen molar-refractivity contribution in [3.8, 4) is 0 Å². The van der Waals surface area contributed by atoms with Gasteiger partial charge in [-0.1, -0.05) is 18.2 Å². The molecule has 0 aromatic heterocycles. The van der Waals surface area contributed by atoms with Crippen LogP contribution >= 0.6 is 0 Å². The van der Waals surface area contributed by atoms with Gasteiger partial charge in [-0.25, -0.2) is 5.43 Å². The summed E-state index contributed by atoms with van der Waals surface area (Å²) in [7, 11) is 0. The summed E-state index contributed by atoms with van der Waals surface area (Å²) in [4.78, 5) is 22.7. The number of hydrogen-bond acceptors (Lipinski definition) is 3. The third-order valence-corrected chi connectivity index (χ3v) is 2.43. The molecule has 0 saturated heterocycles. The summed E-state index contributed by atoms with van der Waals surface area (Å²) >= 11 is 0. The van der Waals surface area contributed by atoms with E-state index in [0.29, 0.717) is 0 Å². The van der Waals surface area contributed by atoms with Crippen molar-refractivity contribution in [3.63, 3.8) is 0 Å². The maximum Gasteiger partial charge on any atom is 0.417 e. The minimum atomic E-state index is -4.51. The molecule has 0 aliphatic rings. The Hall–Kier alpha value is -2.38. The molecule has 1 rings (SSSR count). The quantitative estimate of drug-likeness (QED) is 0.496. The molecule has 5 nitrogen and oxygen atoms in total. The standard InChI is InChI=1S/C14H16F3N3O2/c1-9(2)19-12(21)7-13(22)20-18-8-10-5-3-4-6-11(10)14(15,16)17/h3-6,8-9H,7H2,1-2H3,(H,19,21)(H,20,22). The molecular formula is C14H16F3N3O2. The van der Waals surface area contributed by atoms with Crippen LogP contribution in [-0.4, -0.2) is 24.1 Å². The summed E-state index contributed by atoms with van der Waals surface area (Å²) < 4.78 is 38.2. The second kappa shape index (κ2) is 7.58. The van der Waals surface area contributed by atoms with Crippen molar-refractivity contribution in [2.75, 3.05) is 0 Å². The summed E-state index contributed by atoms with van der Waals surface area (Å²) in [5.74, 6) is -1.20. The zero-order valence-electron chi connectivity index (χ0n) is 12.1. The summed E-state index contributed by atoms with van der Waals surface area (Å²) in [5, 5.41) is 5.95. The SMILES string of the molecule is CC(C)NC(=O)CC(=O)NN=Cc1ccccc1C(F)(F)F. The average molecular weight is 315 g/mol. The fraction of sp³-hybridized carbons (Fsp3) is 0.357. The molecule has 0 saturated carbocycles. The van der Waals surface area contributed by atoms with Crippen molar-refractivity contribution in [1.29, 1.82) is 0 Å². The Bertz CT molecular complexity index is 569. The lowest BCUT2D eigenvalue weighted by atomic mass is 10.1. The largest absolute Gasteiger partial charge is 0.417 e. The Kier molecular flexibility index (Phi) is 6.09. The molecule has 2 N–H and O–H groups in total. The molecule has 0 aliphatic carbocycles. The van der Waals surface area contributed by atoms with E-state index in [-0.39, 0.29) is 11.6 Å². The lowest BCUT2D eigenvalue weighted by molar-refractivity contribution is -0.137. The Labute approximate surface area is 125 Å². The van der Waals surface area contributed by atoms with Crippen LogP contribution in [0.4, 0.5) is 13.2 Å². The summed E-state index contributed by atoms with van der Waals surface area (Å²) in [6, 6.07) is 4.72. The number of halogens is 3. The van der Waals surface area contributed by atoms with Crippen LogP contribution in [0.1, 0.15) is 31.4 Å². The second-order valence-corrected chi connectivity index (χ2v) is 4.78. The van der Waals surface area contributed by atoms with E-state index < -0.39 is 30.0 Å². The second-order valence-electron chi connectivity index (χ2n) is 4.78. The first-order chi connectivity index (χ1) is 10.2. The van der Waals surface area contributed by atoms with Crippen molar-refractivity contribution in [2.24, 2.45) is 5.10 Å². The van der Waals surface area contributed by atoms with E-state index in [2.05, 4.69) is 10.4 Å². The Balaban J connectivity index is 2.64. The van der Waals surface area contributed by atoms with E-state index in [1.54, 1.807) is 13.8 Å².